The van der Waals surface area contributed by atoms with Crippen molar-refractivity contribution in [2.45, 2.75) is 38.7 Å². The third-order valence-electron chi connectivity index (χ3n) is 4.28. The van der Waals surface area contributed by atoms with Gasteiger partial charge in [-0.15, -0.1) is 0 Å². The molecule has 0 bridgehead atoms. The first-order valence-electron chi connectivity index (χ1n) is 8.79. The maximum Gasteiger partial charge on any atom is 0.347 e. The average molecular weight is 443 g/mol. The monoisotopic (exact) mass is 442 g/mol. The summed E-state index contributed by atoms with van der Waals surface area (Å²) in [5, 5.41) is 4.07. The van der Waals surface area contributed by atoms with Gasteiger partial charge < -0.3 is 9.47 Å². The van der Waals surface area contributed by atoms with Crippen LogP contribution in [0.2, 0.25) is 5.02 Å². The quantitative estimate of drug-likeness (QED) is 0.479. The smallest absolute Gasteiger partial charge is 0.347 e. The van der Waals surface area contributed by atoms with Crippen LogP contribution in [0.15, 0.2) is 17.2 Å². The second-order valence-electron chi connectivity index (χ2n) is 6.61. The highest BCUT2D eigenvalue weighted by Crippen LogP contribution is 2.33. The zero-order valence-corrected chi connectivity index (χ0v) is 18.6. The van der Waals surface area contributed by atoms with Crippen molar-refractivity contribution in [3.8, 4) is 5.88 Å². The van der Waals surface area contributed by atoms with E-state index in [-0.39, 0.29) is 33.5 Å². The Balaban J connectivity index is 2.51. The average Bonchev–Trinajstić information content (AvgIpc) is 2.97. The summed E-state index contributed by atoms with van der Waals surface area (Å²) < 4.78 is 36.0. The summed E-state index contributed by atoms with van der Waals surface area (Å²) in [4.78, 5) is 25.1. The summed E-state index contributed by atoms with van der Waals surface area (Å²) in [6.45, 7) is 6.52. The molecule has 1 unspecified atom stereocenters. The van der Waals surface area contributed by atoms with Crippen molar-refractivity contribution in [1.82, 2.24) is 9.78 Å². The number of ketones is 1. The van der Waals surface area contributed by atoms with Crippen LogP contribution in [0.25, 0.3) is 0 Å². The van der Waals surface area contributed by atoms with E-state index in [9.17, 15) is 18.0 Å². The topological polar surface area (TPSA) is 105 Å². The lowest BCUT2D eigenvalue weighted by atomic mass is 10.0. The lowest BCUT2D eigenvalue weighted by Gasteiger charge is -2.16. The lowest BCUT2D eigenvalue weighted by Crippen LogP contribution is -2.27. The van der Waals surface area contributed by atoms with E-state index in [1.165, 1.54) is 23.9 Å². The molecule has 1 atom stereocenters. The largest absolute Gasteiger partial charge is 0.463 e. The van der Waals surface area contributed by atoms with Crippen LogP contribution < -0.4 is 4.74 Å². The summed E-state index contributed by atoms with van der Waals surface area (Å²) in [5.74, 6) is -0.996. The van der Waals surface area contributed by atoms with Crippen LogP contribution in [0.5, 0.6) is 5.88 Å². The number of rotatable bonds is 7. The van der Waals surface area contributed by atoms with Crippen LogP contribution in [0.1, 0.15) is 40.9 Å². The maximum absolute atomic E-state index is 13.2. The van der Waals surface area contributed by atoms with E-state index in [2.05, 4.69) is 5.10 Å². The van der Waals surface area contributed by atoms with Crippen molar-refractivity contribution in [2.75, 3.05) is 12.9 Å². The normalized spacial score (nSPS) is 12.5. The summed E-state index contributed by atoms with van der Waals surface area (Å²) in [6, 6.07) is 1.43. The first-order chi connectivity index (χ1) is 13.4. The Morgan fingerprint density at radius 3 is 2.45 bits per heavy atom. The molecule has 1 aromatic carbocycles. The van der Waals surface area contributed by atoms with Crippen LogP contribution in [-0.4, -0.2) is 48.9 Å². The third-order valence-corrected chi connectivity index (χ3v) is 6.13. The molecule has 0 fully saturated rings. The Morgan fingerprint density at radius 2 is 1.90 bits per heavy atom. The SMILES string of the molecule is CCOC(=O)C(C)Oc1c(C(=O)c2cc(C)c(S(C)(=O)=O)c(C)c2Cl)cnn1C. The Morgan fingerprint density at radius 1 is 1.28 bits per heavy atom. The minimum absolute atomic E-state index is 0.0364. The van der Waals surface area contributed by atoms with Crippen molar-refractivity contribution in [3.05, 3.63) is 39.5 Å². The molecule has 10 heteroatoms. The van der Waals surface area contributed by atoms with Crippen LogP contribution in [0.3, 0.4) is 0 Å². The molecular formula is C19H23ClN2O6S. The molecule has 0 aliphatic heterocycles. The predicted octanol–water partition coefficient (Wildman–Crippen LogP) is 2.66. The minimum atomic E-state index is -3.52. The van der Waals surface area contributed by atoms with E-state index in [1.54, 1.807) is 27.8 Å². The minimum Gasteiger partial charge on any atom is -0.463 e. The number of esters is 1. The molecule has 1 heterocycles. The highest BCUT2D eigenvalue weighted by molar-refractivity contribution is 7.90. The number of aryl methyl sites for hydroxylation is 2. The number of carbonyl (C=O) groups excluding carboxylic acids is 2. The Hall–Kier alpha value is -2.39. The molecule has 0 spiro atoms. The molecule has 0 amide bonds. The summed E-state index contributed by atoms with van der Waals surface area (Å²) in [7, 11) is -1.95. The summed E-state index contributed by atoms with van der Waals surface area (Å²) >= 11 is 6.35. The maximum atomic E-state index is 13.2. The number of aromatic nitrogens is 2. The van der Waals surface area contributed by atoms with Gasteiger partial charge in [0.25, 0.3) is 0 Å². The van der Waals surface area contributed by atoms with Gasteiger partial charge in [0.15, 0.2) is 15.9 Å². The van der Waals surface area contributed by atoms with Gasteiger partial charge in [-0.2, -0.15) is 5.10 Å². The van der Waals surface area contributed by atoms with Gasteiger partial charge in [-0.1, -0.05) is 11.6 Å². The first-order valence-corrected chi connectivity index (χ1v) is 11.1. The number of ether oxygens (including phenoxy) is 2. The number of benzene rings is 1. The molecule has 8 nitrogen and oxygen atoms in total. The molecule has 0 radical (unpaired) electrons. The van der Waals surface area contributed by atoms with Gasteiger partial charge in [0.05, 0.1) is 22.7 Å². The fraction of sp³-hybridized carbons (Fsp3) is 0.421. The van der Waals surface area contributed by atoms with Gasteiger partial charge in [-0.25, -0.2) is 17.9 Å². The number of hydrogen-bond donors (Lipinski definition) is 0. The molecule has 0 N–H and O–H groups in total. The van der Waals surface area contributed by atoms with E-state index < -0.39 is 27.7 Å². The fourth-order valence-corrected chi connectivity index (χ4v) is 4.61. The van der Waals surface area contributed by atoms with E-state index in [0.717, 1.165) is 6.26 Å². The van der Waals surface area contributed by atoms with Gasteiger partial charge in [0.1, 0.15) is 5.56 Å². The molecule has 0 aliphatic carbocycles. The number of hydrogen-bond acceptors (Lipinski definition) is 7. The molecule has 0 saturated heterocycles. The van der Waals surface area contributed by atoms with Crippen molar-refractivity contribution in [2.24, 2.45) is 7.05 Å². The number of halogens is 1. The van der Waals surface area contributed by atoms with E-state index in [1.807, 2.05) is 0 Å². The van der Waals surface area contributed by atoms with Gasteiger partial charge in [0.2, 0.25) is 11.7 Å². The van der Waals surface area contributed by atoms with Gasteiger partial charge in [-0.05, 0) is 44.9 Å². The highest BCUT2D eigenvalue weighted by atomic mass is 35.5. The second-order valence-corrected chi connectivity index (χ2v) is 8.94. The molecule has 2 aromatic rings. The van der Waals surface area contributed by atoms with Crippen LogP contribution >= 0.6 is 11.6 Å². The van der Waals surface area contributed by atoms with E-state index in [4.69, 9.17) is 21.1 Å². The van der Waals surface area contributed by atoms with Crippen molar-refractivity contribution in [3.63, 3.8) is 0 Å². The summed E-state index contributed by atoms with van der Waals surface area (Å²) in [6.07, 6.45) is 1.44. The fourth-order valence-electron chi connectivity index (χ4n) is 3.02. The number of sulfone groups is 1. The molecule has 0 saturated carbocycles. The predicted molar refractivity (Wildman–Crippen MR) is 107 cm³/mol. The molecule has 0 aliphatic rings. The highest BCUT2D eigenvalue weighted by Gasteiger charge is 2.28. The van der Waals surface area contributed by atoms with E-state index in [0.29, 0.717) is 11.1 Å². The van der Waals surface area contributed by atoms with Gasteiger partial charge in [-0.3, -0.25) is 4.79 Å². The van der Waals surface area contributed by atoms with Crippen LogP contribution in [0.4, 0.5) is 0 Å². The molecular weight excluding hydrogens is 420 g/mol. The van der Waals surface area contributed by atoms with Crippen molar-refractivity contribution < 1.29 is 27.5 Å². The van der Waals surface area contributed by atoms with Crippen LogP contribution in [0, 0.1) is 13.8 Å². The molecule has 29 heavy (non-hydrogen) atoms. The number of carbonyl (C=O) groups is 2. The molecule has 2 rings (SSSR count). The standard InChI is InChI=1S/C19H23ClN2O6S/c1-7-27-19(24)12(4)28-18-14(9-21-22(18)5)16(23)13-8-10(2)17(29(6,25)26)11(3)15(13)20/h8-9,12H,7H2,1-6H3. The Labute approximate surface area is 174 Å². The third kappa shape index (κ3) is 4.62. The summed E-state index contributed by atoms with van der Waals surface area (Å²) in [5.41, 5.74) is 0.917. The van der Waals surface area contributed by atoms with Crippen molar-refractivity contribution >= 4 is 33.2 Å². The van der Waals surface area contributed by atoms with Gasteiger partial charge in [0, 0.05) is 18.9 Å². The van der Waals surface area contributed by atoms with Gasteiger partial charge >= 0.3 is 5.97 Å². The zero-order chi connectivity index (χ0) is 22.1. The van der Waals surface area contributed by atoms with Crippen molar-refractivity contribution in [1.29, 1.82) is 0 Å². The Bertz CT molecular complexity index is 1070. The van der Waals surface area contributed by atoms with E-state index >= 15 is 0 Å². The molecule has 158 valence electrons. The number of nitrogens with zero attached hydrogens (tertiary/aromatic N) is 2. The first kappa shape index (κ1) is 22.9. The molecule has 1 aromatic heterocycles. The lowest BCUT2D eigenvalue weighted by molar-refractivity contribution is -0.150. The Kier molecular flexibility index (Phi) is 6.74. The zero-order valence-electron chi connectivity index (χ0n) is 17.1. The second kappa shape index (κ2) is 8.54. The van der Waals surface area contributed by atoms with Crippen LogP contribution in [-0.2, 0) is 26.4 Å².